The van der Waals surface area contributed by atoms with Gasteiger partial charge in [-0.25, -0.2) is 9.97 Å². The maximum absolute atomic E-state index is 5.77. The van der Waals surface area contributed by atoms with Crippen LogP contribution < -0.4 is 11.1 Å². The zero-order chi connectivity index (χ0) is 12.3. The molecule has 6 nitrogen and oxygen atoms in total. The van der Waals surface area contributed by atoms with E-state index in [1.807, 2.05) is 17.8 Å². The minimum atomic E-state index is 0.164. The quantitative estimate of drug-likeness (QED) is 0.797. The maximum Gasteiger partial charge on any atom is 0.223 e. The van der Waals surface area contributed by atoms with Gasteiger partial charge in [0.1, 0.15) is 16.8 Å². The van der Waals surface area contributed by atoms with Crippen LogP contribution in [-0.4, -0.2) is 26.1 Å². The Morgan fingerprint density at radius 3 is 2.94 bits per heavy atom. The van der Waals surface area contributed by atoms with Gasteiger partial charge in [-0.2, -0.15) is 4.98 Å². The van der Waals surface area contributed by atoms with Gasteiger partial charge in [-0.05, 0) is 0 Å². The summed E-state index contributed by atoms with van der Waals surface area (Å²) in [5.74, 6) is 1.79. The second-order valence-electron chi connectivity index (χ2n) is 3.57. The predicted molar refractivity (Wildman–Crippen MR) is 66.9 cm³/mol. The highest BCUT2D eigenvalue weighted by atomic mass is 35.5. The minimum absolute atomic E-state index is 0.164. The number of aryl methyl sites for hydroxylation is 1. The zero-order valence-corrected chi connectivity index (χ0v) is 10.1. The van der Waals surface area contributed by atoms with Crippen LogP contribution in [0.1, 0.15) is 5.82 Å². The highest BCUT2D eigenvalue weighted by Crippen LogP contribution is 2.12. The molecular weight excluding hydrogens is 240 g/mol. The monoisotopic (exact) mass is 252 g/mol. The molecule has 90 valence electrons. The standard InChI is InChI=1S/C10H13ClN6/c1-17-5-4-14-9(17)2-3-13-8-6-7(11)15-10(12)16-8/h4-6H,2-3H2,1H3,(H3,12,13,15,16). The molecule has 0 saturated carbocycles. The number of aromatic nitrogens is 4. The molecule has 2 aromatic heterocycles. The van der Waals surface area contributed by atoms with Crippen molar-refractivity contribution in [2.24, 2.45) is 7.05 Å². The average Bonchev–Trinajstić information content (AvgIpc) is 2.63. The van der Waals surface area contributed by atoms with E-state index in [4.69, 9.17) is 17.3 Å². The van der Waals surface area contributed by atoms with E-state index in [9.17, 15) is 0 Å². The van der Waals surface area contributed by atoms with Gasteiger partial charge in [0, 0.05) is 38.5 Å². The first-order valence-corrected chi connectivity index (χ1v) is 5.53. The molecular formula is C10H13ClN6. The highest BCUT2D eigenvalue weighted by molar-refractivity contribution is 6.29. The van der Waals surface area contributed by atoms with Crippen LogP contribution in [0.3, 0.4) is 0 Å². The molecule has 0 fully saturated rings. The molecule has 7 heteroatoms. The zero-order valence-electron chi connectivity index (χ0n) is 9.39. The van der Waals surface area contributed by atoms with Gasteiger partial charge >= 0.3 is 0 Å². The van der Waals surface area contributed by atoms with Gasteiger partial charge in [0.05, 0.1) is 0 Å². The number of nitrogens with zero attached hydrogens (tertiary/aromatic N) is 4. The lowest BCUT2D eigenvalue weighted by molar-refractivity contribution is 0.788. The van der Waals surface area contributed by atoms with Crippen molar-refractivity contribution in [3.8, 4) is 0 Å². The molecule has 0 saturated heterocycles. The van der Waals surface area contributed by atoms with Crippen molar-refractivity contribution in [2.45, 2.75) is 6.42 Å². The summed E-state index contributed by atoms with van der Waals surface area (Å²) in [5.41, 5.74) is 5.49. The Hall–Kier alpha value is -1.82. The Balaban J connectivity index is 1.92. The van der Waals surface area contributed by atoms with E-state index in [1.54, 1.807) is 12.3 Å². The van der Waals surface area contributed by atoms with Gasteiger partial charge in [0.15, 0.2) is 0 Å². The summed E-state index contributed by atoms with van der Waals surface area (Å²) in [6, 6.07) is 1.64. The molecule has 0 aliphatic carbocycles. The van der Waals surface area contributed by atoms with Crippen molar-refractivity contribution in [1.29, 1.82) is 0 Å². The summed E-state index contributed by atoms with van der Waals surface area (Å²) in [4.78, 5) is 12.0. The second kappa shape index (κ2) is 5.01. The molecule has 2 aromatic rings. The molecule has 0 unspecified atom stereocenters. The molecule has 0 radical (unpaired) electrons. The normalized spacial score (nSPS) is 10.5. The van der Waals surface area contributed by atoms with Crippen LogP contribution in [0, 0.1) is 0 Å². The van der Waals surface area contributed by atoms with Crippen molar-refractivity contribution in [3.05, 3.63) is 29.4 Å². The molecule has 0 amide bonds. The topological polar surface area (TPSA) is 81.7 Å². The van der Waals surface area contributed by atoms with Crippen molar-refractivity contribution in [2.75, 3.05) is 17.6 Å². The van der Waals surface area contributed by atoms with Crippen LogP contribution in [0.25, 0.3) is 0 Å². The van der Waals surface area contributed by atoms with Gasteiger partial charge in [-0.15, -0.1) is 0 Å². The van der Waals surface area contributed by atoms with E-state index in [-0.39, 0.29) is 5.95 Å². The molecule has 0 aromatic carbocycles. The lowest BCUT2D eigenvalue weighted by Gasteiger charge is -2.06. The van der Waals surface area contributed by atoms with Crippen LogP contribution in [-0.2, 0) is 13.5 Å². The molecule has 3 N–H and O–H groups in total. The predicted octanol–water partition coefficient (Wildman–Crippen LogP) is 1.10. The summed E-state index contributed by atoms with van der Waals surface area (Å²) in [7, 11) is 1.96. The number of nitrogens with one attached hydrogen (secondary N) is 1. The van der Waals surface area contributed by atoms with Gasteiger partial charge in [-0.1, -0.05) is 11.6 Å². The van der Waals surface area contributed by atoms with Gasteiger partial charge in [0.25, 0.3) is 0 Å². The van der Waals surface area contributed by atoms with Gasteiger partial charge in [-0.3, -0.25) is 0 Å². The lowest BCUT2D eigenvalue weighted by atomic mass is 10.4. The summed E-state index contributed by atoms with van der Waals surface area (Å²) in [6.07, 6.45) is 4.48. The first kappa shape index (κ1) is 11.7. The van der Waals surface area contributed by atoms with Crippen LogP contribution in [0.15, 0.2) is 18.5 Å². The third kappa shape index (κ3) is 3.07. The summed E-state index contributed by atoms with van der Waals surface area (Å²) < 4.78 is 1.98. The molecule has 2 heterocycles. The Bertz CT molecular complexity index is 489. The number of imidazole rings is 1. The average molecular weight is 253 g/mol. The number of anilines is 2. The second-order valence-corrected chi connectivity index (χ2v) is 3.95. The number of hydrogen-bond acceptors (Lipinski definition) is 5. The Kier molecular flexibility index (Phi) is 3.43. The lowest BCUT2D eigenvalue weighted by Crippen LogP contribution is -2.10. The summed E-state index contributed by atoms with van der Waals surface area (Å²) in [6.45, 7) is 0.706. The third-order valence-corrected chi connectivity index (χ3v) is 2.48. The Labute approximate surface area is 104 Å². The van der Waals surface area contributed by atoms with Crippen LogP contribution in [0.2, 0.25) is 5.15 Å². The molecule has 0 aliphatic heterocycles. The van der Waals surface area contributed by atoms with Crippen molar-refractivity contribution in [3.63, 3.8) is 0 Å². The molecule has 2 rings (SSSR count). The Morgan fingerprint density at radius 2 is 2.29 bits per heavy atom. The summed E-state index contributed by atoms with van der Waals surface area (Å²) in [5, 5.41) is 3.45. The van der Waals surface area contributed by atoms with Crippen molar-refractivity contribution in [1.82, 2.24) is 19.5 Å². The van der Waals surface area contributed by atoms with E-state index in [2.05, 4.69) is 20.3 Å². The fourth-order valence-electron chi connectivity index (χ4n) is 1.47. The maximum atomic E-state index is 5.77. The number of rotatable bonds is 4. The van der Waals surface area contributed by atoms with E-state index in [1.165, 1.54) is 0 Å². The molecule has 17 heavy (non-hydrogen) atoms. The Morgan fingerprint density at radius 1 is 1.47 bits per heavy atom. The molecule has 0 bridgehead atoms. The van der Waals surface area contributed by atoms with Crippen molar-refractivity contribution >= 4 is 23.4 Å². The first-order valence-electron chi connectivity index (χ1n) is 5.15. The minimum Gasteiger partial charge on any atom is -0.369 e. The highest BCUT2D eigenvalue weighted by Gasteiger charge is 2.02. The van der Waals surface area contributed by atoms with E-state index < -0.39 is 0 Å². The molecule has 0 atom stereocenters. The first-order chi connectivity index (χ1) is 8.15. The van der Waals surface area contributed by atoms with E-state index in [0.29, 0.717) is 17.5 Å². The third-order valence-electron chi connectivity index (χ3n) is 2.29. The molecule has 0 spiro atoms. The smallest absolute Gasteiger partial charge is 0.223 e. The van der Waals surface area contributed by atoms with Gasteiger partial charge < -0.3 is 15.6 Å². The van der Waals surface area contributed by atoms with E-state index in [0.717, 1.165) is 12.2 Å². The van der Waals surface area contributed by atoms with Crippen molar-refractivity contribution < 1.29 is 0 Å². The fourth-order valence-corrected chi connectivity index (χ4v) is 1.66. The fraction of sp³-hybridized carbons (Fsp3) is 0.300. The van der Waals surface area contributed by atoms with Gasteiger partial charge in [0.2, 0.25) is 5.95 Å². The number of nitrogen functional groups attached to an aromatic ring is 1. The molecule has 0 aliphatic rings. The van der Waals surface area contributed by atoms with E-state index >= 15 is 0 Å². The number of nitrogens with two attached hydrogens (primary N) is 1. The SMILES string of the molecule is Cn1ccnc1CCNc1cc(Cl)nc(N)n1. The summed E-state index contributed by atoms with van der Waals surface area (Å²) >= 11 is 5.77. The number of halogens is 1. The number of hydrogen-bond donors (Lipinski definition) is 2. The largest absolute Gasteiger partial charge is 0.369 e. The van der Waals surface area contributed by atoms with Crippen LogP contribution in [0.4, 0.5) is 11.8 Å². The van der Waals surface area contributed by atoms with Crippen LogP contribution in [0.5, 0.6) is 0 Å². The van der Waals surface area contributed by atoms with Crippen LogP contribution >= 0.6 is 11.6 Å².